The van der Waals surface area contributed by atoms with Crippen molar-refractivity contribution < 1.29 is 8.42 Å². The molecule has 0 radical (unpaired) electrons. The van der Waals surface area contributed by atoms with Crippen LogP contribution in [0.15, 0.2) is 23.0 Å². The Morgan fingerprint density at radius 2 is 2.15 bits per heavy atom. The molecule has 0 aliphatic heterocycles. The topological polar surface area (TPSA) is 98.2 Å². The van der Waals surface area contributed by atoms with Crippen molar-refractivity contribution in [2.24, 2.45) is 10.9 Å². The summed E-state index contributed by atoms with van der Waals surface area (Å²) in [6, 6.07) is 0. The summed E-state index contributed by atoms with van der Waals surface area (Å²) in [4.78, 5) is 0. The number of allylic oxidation sites excluding steroid dienone is 2. The summed E-state index contributed by atoms with van der Waals surface area (Å²) < 4.78 is 23.6. The van der Waals surface area contributed by atoms with Gasteiger partial charge in [0.05, 0.1) is 11.4 Å². The normalized spacial score (nSPS) is 18.5. The first-order valence-electron chi connectivity index (χ1n) is 3.86. The molecule has 0 fully saturated rings. The van der Waals surface area contributed by atoms with Crippen LogP contribution in [0.5, 0.6) is 0 Å². The van der Waals surface area contributed by atoms with Crippen LogP contribution < -0.4 is 15.6 Å². The molecule has 0 spiro atoms. The molecule has 1 aliphatic rings. The van der Waals surface area contributed by atoms with Crippen molar-refractivity contribution in [3.05, 3.63) is 23.0 Å². The molecule has 0 heterocycles. The molecule has 0 atom stereocenters. The SMILES string of the molecule is CC1=C(N)C(NS(N)(=O)=O)=CCC1. The van der Waals surface area contributed by atoms with Gasteiger partial charge in [0.2, 0.25) is 0 Å². The van der Waals surface area contributed by atoms with Gasteiger partial charge >= 0.3 is 0 Å². The lowest BCUT2D eigenvalue weighted by Gasteiger charge is -2.16. The van der Waals surface area contributed by atoms with Gasteiger partial charge in [0, 0.05) is 0 Å². The highest BCUT2D eigenvalue weighted by molar-refractivity contribution is 7.87. The summed E-state index contributed by atoms with van der Waals surface area (Å²) in [5.41, 5.74) is 7.51. The molecule has 74 valence electrons. The minimum absolute atomic E-state index is 0.395. The van der Waals surface area contributed by atoms with Crippen LogP contribution in [0.3, 0.4) is 0 Å². The van der Waals surface area contributed by atoms with Crippen LogP contribution in [0.2, 0.25) is 0 Å². The first-order chi connectivity index (χ1) is 5.90. The molecule has 0 aromatic rings. The third-order valence-electron chi connectivity index (χ3n) is 1.87. The fraction of sp³-hybridized carbons (Fsp3) is 0.429. The summed E-state index contributed by atoms with van der Waals surface area (Å²) in [6.45, 7) is 1.87. The van der Waals surface area contributed by atoms with Crippen molar-refractivity contribution in [2.75, 3.05) is 0 Å². The van der Waals surface area contributed by atoms with Gasteiger partial charge in [-0.15, -0.1) is 0 Å². The summed E-state index contributed by atoms with van der Waals surface area (Å²) in [5.74, 6) is 0. The van der Waals surface area contributed by atoms with Crippen molar-refractivity contribution >= 4 is 10.2 Å². The smallest absolute Gasteiger partial charge is 0.296 e. The number of hydrogen-bond acceptors (Lipinski definition) is 3. The maximum atomic E-state index is 10.7. The van der Waals surface area contributed by atoms with Crippen LogP contribution in [0.1, 0.15) is 19.8 Å². The van der Waals surface area contributed by atoms with Gasteiger partial charge in [-0.25, -0.2) is 5.14 Å². The molecule has 0 saturated carbocycles. The average molecular weight is 203 g/mol. The van der Waals surface area contributed by atoms with Crippen LogP contribution in [-0.2, 0) is 10.2 Å². The largest absolute Gasteiger partial charge is 0.397 e. The van der Waals surface area contributed by atoms with Gasteiger partial charge in [0.15, 0.2) is 0 Å². The Hall–Kier alpha value is -1.01. The van der Waals surface area contributed by atoms with Gasteiger partial charge in [-0.1, -0.05) is 6.08 Å². The van der Waals surface area contributed by atoms with E-state index >= 15 is 0 Å². The second-order valence-electron chi connectivity index (χ2n) is 3.00. The zero-order valence-electron chi connectivity index (χ0n) is 7.37. The lowest BCUT2D eigenvalue weighted by atomic mass is 10.0. The summed E-state index contributed by atoms with van der Waals surface area (Å²) in [7, 11) is -3.71. The summed E-state index contributed by atoms with van der Waals surface area (Å²) >= 11 is 0. The predicted molar refractivity (Wildman–Crippen MR) is 50.4 cm³/mol. The van der Waals surface area contributed by atoms with E-state index < -0.39 is 10.2 Å². The molecule has 0 aromatic heterocycles. The van der Waals surface area contributed by atoms with E-state index in [2.05, 4.69) is 4.72 Å². The molecule has 0 saturated heterocycles. The van der Waals surface area contributed by atoms with E-state index in [1.807, 2.05) is 6.92 Å². The Balaban J connectivity index is 2.89. The minimum atomic E-state index is -3.71. The molecule has 0 aromatic carbocycles. The quantitative estimate of drug-likeness (QED) is 0.574. The first kappa shape index (κ1) is 10.1. The molecule has 1 aliphatic carbocycles. The number of rotatable bonds is 2. The number of nitrogens with one attached hydrogen (secondary N) is 1. The lowest BCUT2D eigenvalue weighted by Crippen LogP contribution is -2.33. The molecule has 6 heteroatoms. The molecule has 13 heavy (non-hydrogen) atoms. The monoisotopic (exact) mass is 203 g/mol. The van der Waals surface area contributed by atoms with Gasteiger partial charge in [0.1, 0.15) is 0 Å². The number of nitrogens with two attached hydrogens (primary N) is 2. The maximum absolute atomic E-state index is 10.7. The Kier molecular flexibility index (Phi) is 2.63. The third kappa shape index (κ3) is 2.74. The zero-order chi connectivity index (χ0) is 10.1. The van der Waals surface area contributed by atoms with E-state index in [1.54, 1.807) is 6.08 Å². The van der Waals surface area contributed by atoms with Gasteiger partial charge in [-0.2, -0.15) is 8.42 Å². The van der Waals surface area contributed by atoms with Crippen LogP contribution in [0.25, 0.3) is 0 Å². The van der Waals surface area contributed by atoms with Gasteiger partial charge < -0.3 is 5.73 Å². The van der Waals surface area contributed by atoms with Gasteiger partial charge in [0.25, 0.3) is 10.2 Å². The van der Waals surface area contributed by atoms with E-state index in [4.69, 9.17) is 10.9 Å². The molecular formula is C7H13N3O2S. The van der Waals surface area contributed by atoms with Crippen molar-refractivity contribution in [1.82, 2.24) is 4.72 Å². The first-order valence-corrected chi connectivity index (χ1v) is 5.41. The van der Waals surface area contributed by atoms with Crippen LogP contribution in [0, 0.1) is 0 Å². The maximum Gasteiger partial charge on any atom is 0.296 e. The number of hydrogen-bond donors (Lipinski definition) is 3. The van der Waals surface area contributed by atoms with E-state index in [0.717, 1.165) is 18.4 Å². The van der Waals surface area contributed by atoms with Gasteiger partial charge in [-0.05, 0) is 25.3 Å². The molecular weight excluding hydrogens is 190 g/mol. The summed E-state index contributed by atoms with van der Waals surface area (Å²) in [6.07, 6.45) is 3.37. The minimum Gasteiger partial charge on any atom is -0.397 e. The van der Waals surface area contributed by atoms with E-state index in [0.29, 0.717) is 11.4 Å². The van der Waals surface area contributed by atoms with E-state index in [-0.39, 0.29) is 0 Å². The van der Waals surface area contributed by atoms with Crippen molar-refractivity contribution in [1.29, 1.82) is 0 Å². The molecule has 5 nitrogen and oxygen atoms in total. The van der Waals surface area contributed by atoms with E-state index in [9.17, 15) is 8.42 Å². The lowest BCUT2D eigenvalue weighted by molar-refractivity contribution is 0.590. The van der Waals surface area contributed by atoms with Gasteiger partial charge in [-0.3, -0.25) is 4.72 Å². The Morgan fingerprint density at radius 3 is 2.69 bits per heavy atom. The Bertz CT molecular complexity index is 367. The Morgan fingerprint density at radius 1 is 1.54 bits per heavy atom. The van der Waals surface area contributed by atoms with Crippen LogP contribution in [-0.4, -0.2) is 8.42 Å². The average Bonchev–Trinajstić information content (AvgIpc) is 1.96. The van der Waals surface area contributed by atoms with Crippen molar-refractivity contribution in [3.8, 4) is 0 Å². The Labute approximate surface area is 77.7 Å². The summed E-state index contributed by atoms with van der Waals surface area (Å²) in [5, 5.41) is 4.82. The van der Waals surface area contributed by atoms with Crippen LogP contribution in [0.4, 0.5) is 0 Å². The van der Waals surface area contributed by atoms with Crippen molar-refractivity contribution in [2.45, 2.75) is 19.8 Å². The second-order valence-corrected chi connectivity index (χ2v) is 4.29. The molecule has 0 bridgehead atoms. The highest BCUT2D eigenvalue weighted by atomic mass is 32.2. The zero-order valence-corrected chi connectivity index (χ0v) is 8.19. The molecule has 0 unspecified atom stereocenters. The fourth-order valence-corrected chi connectivity index (χ4v) is 1.66. The molecule has 0 amide bonds. The van der Waals surface area contributed by atoms with Crippen molar-refractivity contribution in [3.63, 3.8) is 0 Å². The predicted octanol–water partition coefficient (Wildman–Crippen LogP) is -0.310. The third-order valence-corrected chi connectivity index (χ3v) is 2.37. The standard InChI is InChI=1S/C7H13N3O2S/c1-5-3-2-4-6(7(5)8)10-13(9,11)12/h4,10H,2-3,8H2,1H3,(H2,9,11,12). The second kappa shape index (κ2) is 3.39. The molecule has 1 rings (SSSR count). The highest BCUT2D eigenvalue weighted by Crippen LogP contribution is 2.19. The highest BCUT2D eigenvalue weighted by Gasteiger charge is 2.13. The van der Waals surface area contributed by atoms with Crippen LogP contribution >= 0.6 is 0 Å². The van der Waals surface area contributed by atoms with E-state index in [1.165, 1.54) is 0 Å². The molecule has 5 N–H and O–H groups in total. The fourth-order valence-electron chi connectivity index (χ4n) is 1.16.